The summed E-state index contributed by atoms with van der Waals surface area (Å²) in [6, 6.07) is 0. The predicted molar refractivity (Wildman–Crippen MR) is 48.2 cm³/mol. The van der Waals surface area contributed by atoms with Crippen molar-refractivity contribution >= 4 is 5.97 Å². The summed E-state index contributed by atoms with van der Waals surface area (Å²) in [6.45, 7) is 2.12. The Morgan fingerprint density at radius 3 is 2.38 bits per heavy atom. The Balaban J connectivity index is 2.61. The molecule has 0 spiro atoms. The van der Waals surface area contributed by atoms with Crippen LogP contribution in [0.4, 0.5) is 0 Å². The van der Waals surface area contributed by atoms with Crippen LogP contribution >= 0.6 is 0 Å². The molecule has 76 valence electrons. The number of rotatable bonds is 2. The fourth-order valence-electron chi connectivity index (χ4n) is 1.82. The van der Waals surface area contributed by atoms with E-state index in [-0.39, 0.29) is 0 Å². The maximum absolute atomic E-state index is 10.6. The third kappa shape index (κ3) is 2.19. The van der Waals surface area contributed by atoms with Gasteiger partial charge >= 0.3 is 5.97 Å². The molecule has 4 heteroatoms. The molecule has 1 atom stereocenters. The van der Waals surface area contributed by atoms with Gasteiger partial charge in [-0.2, -0.15) is 0 Å². The van der Waals surface area contributed by atoms with E-state index >= 15 is 0 Å². The quantitative estimate of drug-likeness (QED) is 0.582. The van der Waals surface area contributed by atoms with Gasteiger partial charge in [-0.15, -0.1) is 0 Å². The van der Waals surface area contributed by atoms with Gasteiger partial charge in [-0.3, -0.25) is 0 Å². The Hall–Kier alpha value is -0.610. The van der Waals surface area contributed by atoms with Crippen LogP contribution in [0.3, 0.4) is 0 Å². The molecule has 0 aromatic heterocycles. The molecule has 1 aliphatic rings. The molecule has 1 saturated carbocycles. The lowest BCUT2D eigenvalue weighted by Crippen LogP contribution is -2.56. The van der Waals surface area contributed by atoms with Crippen LogP contribution in [0.15, 0.2) is 0 Å². The second kappa shape index (κ2) is 3.64. The van der Waals surface area contributed by atoms with Crippen molar-refractivity contribution in [1.29, 1.82) is 0 Å². The van der Waals surface area contributed by atoms with Crippen LogP contribution in [0, 0.1) is 5.92 Å². The van der Waals surface area contributed by atoms with E-state index in [9.17, 15) is 9.90 Å². The van der Waals surface area contributed by atoms with Gasteiger partial charge in [0.15, 0.2) is 6.10 Å². The van der Waals surface area contributed by atoms with Gasteiger partial charge in [-0.05, 0) is 31.6 Å². The lowest BCUT2D eigenvalue weighted by Gasteiger charge is -2.37. The van der Waals surface area contributed by atoms with Crippen molar-refractivity contribution < 1.29 is 15.0 Å². The molecule has 1 fully saturated rings. The molecule has 0 aromatic carbocycles. The normalized spacial score (nSPS) is 37.0. The molecule has 0 aliphatic heterocycles. The second-order valence-electron chi connectivity index (χ2n) is 4.16. The molecule has 0 radical (unpaired) electrons. The largest absolute Gasteiger partial charge is 0.479 e. The third-order valence-electron chi connectivity index (χ3n) is 2.98. The third-order valence-corrected chi connectivity index (χ3v) is 2.98. The highest BCUT2D eigenvalue weighted by molar-refractivity contribution is 5.73. The highest BCUT2D eigenvalue weighted by Crippen LogP contribution is 2.32. The first-order valence-electron chi connectivity index (χ1n) is 4.65. The summed E-state index contributed by atoms with van der Waals surface area (Å²) in [4.78, 5) is 10.6. The summed E-state index contributed by atoms with van der Waals surface area (Å²) in [7, 11) is 0. The highest BCUT2D eigenvalue weighted by Gasteiger charge is 2.40. The van der Waals surface area contributed by atoms with Gasteiger partial charge in [0.05, 0.1) is 5.54 Å². The number of aliphatic hydroxyl groups is 1. The summed E-state index contributed by atoms with van der Waals surface area (Å²) >= 11 is 0. The first-order chi connectivity index (χ1) is 5.96. The monoisotopic (exact) mass is 187 g/mol. The molecule has 1 rings (SSSR count). The van der Waals surface area contributed by atoms with Crippen molar-refractivity contribution in [3.63, 3.8) is 0 Å². The molecular weight excluding hydrogens is 170 g/mol. The van der Waals surface area contributed by atoms with E-state index in [2.05, 4.69) is 6.92 Å². The number of carboxylic acid groups (broad SMARTS) is 1. The smallest absolute Gasteiger partial charge is 0.334 e. The van der Waals surface area contributed by atoms with E-state index < -0.39 is 17.6 Å². The van der Waals surface area contributed by atoms with E-state index in [1.165, 1.54) is 0 Å². The van der Waals surface area contributed by atoms with Gasteiger partial charge < -0.3 is 15.9 Å². The Kier molecular flexibility index (Phi) is 2.93. The van der Waals surface area contributed by atoms with Gasteiger partial charge in [0, 0.05) is 0 Å². The Morgan fingerprint density at radius 1 is 1.54 bits per heavy atom. The first-order valence-corrected chi connectivity index (χ1v) is 4.65. The molecule has 4 N–H and O–H groups in total. The number of hydrogen-bond donors (Lipinski definition) is 3. The van der Waals surface area contributed by atoms with Crippen LogP contribution in [0.1, 0.15) is 32.6 Å². The van der Waals surface area contributed by atoms with Gasteiger partial charge in [0.25, 0.3) is 0 Å². The average Bonchev–Trinajstić information content (AvgIpc) is 2.09. The van der Waals surface area contributed by atoms with Gasteiger partial charge in [0.1, 0.15) is 0 Å². The topological polar surface area (TPSA) is 83.5 Å². The maximum atomic E-state index is 10.6. The molecule has 0 bridgehead atoms. The zero-order valence-corrected chi connectivity index (χ0v) is 7.86. The summed E-state index contributed by atoms with van der Waals surface area (Å²) in [5, 5.41) is 18.0. The number of carboxylic acids is 1. The zero-order valence-electron chi connectivity index (χ0n) is 7.86. The van der Waals surface area contributed by atoms with E-state index in [0.717, 1.165) is 12.8 Å². The standard InChI is InChI=1S/C9H17NO3/c1-6-2-4-9(10,5-3-6)7(11)8(12)13/h6-7,11H,2-5,10H2,1H3,(H,12,13). The van der Waals surface area contributed by atoms with Gasteiger partial charge in [-0.1, -0.05) is 6.92 Å². The maximum Gasteiger partial charge on any atom is 0.334 e. The molecule has 0 heterocycles. The van der Waals surface area contributed by atoms with Gasteiger partial charge in [0.2, 0.25) is 0 Å². The van der Waals surface area contributed by atoms with Crippen LogP contribution < -0.4 is 5.73 Å². The molecule has 4 nitrogen and oxygen atoms in total. The van der Waals surface area contributed by atoms with Crippen molar-refractivity contribution in [2.45, 2.75) is 44.2 Å². The number of aliphatic carboxylic acids is 1. The van der Waals surface area contributed by atoms with E-state index in [4.69, 9.17) is 10.8 Å². The Morgan fingerprint density at radius 2 is 2.00 bits per heavy atom. The molecule has 1 aliphatic carbocycles. The van der Waals surface area contributed by atoms with E-state index in [1.54, 1.807) is 0 Å². The minimum atomic E-state index is -1.42. The number of aliphatic hydroxyl groups excluding tert-OH is 1. The minimum absolute atomic E-state index is 0.595. The lowest BCUT2D eigenvalue weighted by molar-refractivity contribution is -0.151. The van der Waals surface area contributed by atoms with Crippen LogP contribution in [-0.2, 0) is 4.79 Å². The van der Waals surface area contributed by atoms with Crippen molar-refractivity contribution in [3.05, 3.63) is 0 Å². The Labute approximate surface area is 77.7 Å². The SMILES string of the molecule is CC1CCC(N)(C(O)C(=O)O)CC1. The zero-order chi connectivity index (χ0) is 10.1. The van der Waals surface area contributed by atoms with Crippen LogP contribution in [0.25, 0.3) is 0 Å². The highest BCUT2D eigenvalue weighted by atomic mass is 16.4. The van der Waals surface area contributed by atoms with Crippen molar-refractivity contribution in [2.24, 2.45) is 11.7 Å². The molecule has 0 amide bonds. The van der Waals surface area contributed by atoms with Crippen LogP contribution in [-0.4, -0.2) is 27.8 Å². The van der Waals surface area contributed by atoms with Gasteiger partial charge in [-0.25, -0.2) is 4.79 Å². The molecule has 1 unspecified atom stereocenters. The molecule has 0 saturated heterocycles. The number of carbonyl (C=O) groups is 1. The molecule has 13 heavy (non-hydrogen) atoms. The summed E-state index contributed by atoms with van der Waals surface area (Å²) in [5.41, 5.74) is 4.93. The molecular formula is C9H17NO3. The first kappa shape index (κ1) is 10.5. The Bertz CT molecular complexity index is 197. The fourth-order valence-corrected chi connectivity index (χ4v) is 1.82. The summed E-state index contributed by atoms with van der Waals surface area (Å²) in [5.74, 6) is -0.616. The number of hydrogen-bond acceptors (Lipinski definition) is 3. The van der Waals surface area contributed by atoms with E-state index in [0.29, 0.717) is 18.8 Å². The van der Waals surface area contributed by atoms with Crippen LogP contribution in [0.5, 0.6) is 0 Å². The predicted octanol–water partition coefficient (Wildman–Crippen LogP) is 0.339. The molecule has 0 aromatic rings. The number of nitrogens with two attached hydrogens (primary N) is 1. The van der Waals surface area contributed by atoms with Crippen molar-refractivity contribution in [1.82, 2.24) is 0 Å². The van der Waals surface area contributed by atoms with Crippen molar-refractivity contribution in [2.75, 3.05) is 0 Å². The summed E-state index contributed by atoms with van der Waals surface area (Å²) in [6.07, 6.45) is 1.59. The van der Waals surface area contributed by atoms with E-state index in [1.807, 2.05) is 0 Å². The second-order valence-corrected chi connectivity index (χ2v) is 4.16. The lowest BCUT2D eigenvalue weighted by atomic mass is 9.74. The van der Waals surface area contributed by atoms with Crippen LogP contribution in [0.2, 0.25) is 0 Å². The minimum Gasteiger partial charge on any atom is -0.479 e. The average molecular weight is 187 g/mol. The van der Waals surface area contributed by atoms with Crippen molar-refractivity contribution in [3.8, 4) is 0 Å². The fraction of sp³-hybridized carbons (Fsp3) is 0.889. The summed E-state index contributed by atoms with van der Waals surface area (Å²) < 4.78 is 0.